The van der Waals surface area contributed by atoms with E-state index in [-0.39, 0.29) is 5.91 Å². The minimum atomic E-state index is 0.203. The zero-order chi connectivity index (χ0) is 16.4. The standard InChI is InChI=1S/C18H17N5O/c24-17-11-14(12-23(17)16-4-2-1-3-5-16)10-13-6-8-15(9-7-13)18-19-21-22-20-18/h1-9,14H,10-12H2,(H,19,20,21,22)/t14-/m0/s1. The molecule has 0 aliphatic carbocycles. The highest BCUT2D eigenvalue weighted by Gasteiger charge is 2.30. The highest BCUT2D eigenvalue weighted by molar-refractivity contribution is 5.95. The Kier molecular flexibility index (Phi) is 3.78. The molecule has 24 heavy (non-hydrogen) atoms. The summed E-state index contributed by atoms with van der Waals surface area (Å²) in [5.41, 5.74) is 3.13. The first-order valence-electron chi connectivity index (χ1n) is 7.98. The van der Waals surface area contributed by atoms with E-state index in [1.807, 2.05) is 47.4 Å². The molecule has 1 aliphatic heterocycles. The van der Waals surface area contributed by atoms with E-state index in [9.17, 15) is 4.79 Å². The van der Waals surface area contributed by atoms with Crippen molar-refractivity contribution in [3.8, 4) is 11.4 Å². The summed E-state index contributed by atoms with van der Waals surface area (Å²) in [7, 11) is 0. The minimum absolute atomic E-state index is 0.203. The molecule has 3 aromatic rings. The molecule has 1 amide bonds. The van der Waals surface area contributed by atoms with Gasteiger partial charge in [-0.25, -0.2) is 0 Å². The molecule has 0 unspecified atom stereocenters. The number of aromatic nitrogens is 4. The summed E-state index contributed by atoms with van der Waals surface area (Å²) in [6.45, 7) is 0.773. The fourth-order valence-electron chi connectivity index (χ4n) is 3.18. The normalized spacial score (nSPS) is 17.4. The number of aromatic amines is 1. The van der Waals surface area contributed by atoms with Crippen LogP contribution in [0.15, 0.2) is 54.6 Å². The number of hydrogen-bond donors (Lipinski definition) is 1. The summed E-state index contributed by atoms with van der Waals surface area (Å²) in [5.74, 6) is 1.14. The number of para-hydroxylation sites is 1. The number of rotatable bonds is 4. The predicted molar refractivity (Wildman–Crippen MR) is 90.2 cm³/mol. The lowest BCUT2D eigenvalue weighted by Crippen LogP contribution is -2.24. The summed E-state index contributed by atoms with van der Waals surface area (Å²) < 4.78 is 0. The van der Waals surface area contributed by atoms with Crippen LogP contribution in [0.1, 0.15) is 12.0 Å². The van der Waals surface area contributed by atoms with Crippen molar-refractivity contribution in [3.05, 3.63) is 60.2 Å². The second-order valence-electron chi connectivity index (χ2n) is 6.05. The van der Waals surface area contributed by atoms with Crippen molar-refractivity contribution in [1.82, 2.24) is 20.6 Å². The maximum Gasteiger partial charge on any atom is 0.227 e. The molecule has 120 valence electrons. The molecule has 1 aromatic heterocycles. The molecule has 0 radical (unpaired) electrons. The van der Waals surface area contributed by atoms with Gasteiger partial charge in [-0.15, -0.1) is 10.2 Å². The Morgan fingerprint density at radius 3 is 2.58 bits per heavy atom. The van der Waals surface area contributed by atoms with Gasteiger partial charge in [0.25, 0.3) is 0 Å². The first-order chi connectivity index (χ1) is 11.8. The van der Waals surface area contributed by atoms with Gasteiger partial charge in [0.15, 0.2) is 0 Å². The van der Waals surface area contributed by atoms with E-state index < -0.39 is 0 Å². The molecule has 1 N–H and O–H groups in total. The van der Waals surface area contributed by atoms with Crippen LogP contribution in [0.4, 0.5) is 5.69 Å². The van der Waals surface area contributed by atoms with Gasteiger partial charge in [0.1, 0.15) is 0 Å². The monoisotopic (exact) mass is 319 g/mol. The SMILES string of the molecule is O=C1C[C@H](Cc2ccc(-c3nn[nH]n3)cc2)CN1c1ccccc1. The Morgan fingerprint density at radius 2 is 1.88 bits per heavy atom. The highest BCUT2D eigenvalue weighted by atomic mass is 16.2. The van der Waals surface area contributed by atoms with Crippen LogP contribution in [0.5, 0.6) is 0 Å². The van der Waals surface area contributed by atoms with Crippen LogP contribution in [0, 0.1) is 5.92 Å². The molecule has 2 aromatic carbocycles. The predicted octanol–water partition coefficient (Wildman–Crippen LogP) is 2.46. The van der Waals surface area contributed by atoms with Crippen LogP contribution < -0.4 is 4.90 Å². The van der Waals surface area contributed by atoms with Crippen LogP contribution in [0.2, 0.25) is 0 Å². The number of H-pyrrole nitrogens is 1. The Balaban J connectivity index is 1.44. The summed E-state index contributed by atoms with van der Waals surface area (Å²) in [4.78, 5) is 14.2. The third-order valence-electron chi connectivity index (χ3n) is 4.35. The number of amides is 1. The average molecular weight is 319 g/mol. The average Bonchev–Trinajstić information content (AvgIpc) is 3.26. The van der Waals surface area contributed by atoms with Crippen molar-refractivity contribution in [1.29, 1.82) is 0 Å². The highest BCUT2D eigenvalue weighted by Crippen LogP contribution is 2.27. The van der Waals surface area contributed by atoms with Gasteiger partial charge < -0.3 is 4.90 Å². The fourth-order valence-corrected chi connectivity index (χ4v) is 3.18. The zero-order valence-electron chi connectivity index (χ0n) is 13.1. The molecular formula is C18H17N5O. The van der Waals surface area contributed by atoms with Crippen LogP contribution in [-0.2, 0) is 11.2 Å². The second kappa shape index (κ2) is 6.23. The first kappa shape index (κ1) is 14.6. The fraction of sp³-hybridized carbons (Fsp3) is 0.222. The smallest absolute Gasteiger partial charge is 0.227 e. The molecule has 1 saturated heterocycles. The third-order valence-corrected chi connectivity index (χ3v) is 4.35. The molecule has 2 heterocycles. The van der Waals surface area contributed by atoms with Crippen molar-refractivity contribution in [2.45, 2.75) is 12.8 Å². The van der Waals surface area contributed by atoms with Gasteiger partial charge in [0, 0.05) is 24.2 Å². The van der Waals surface area contributed by atoms with Crippen LogP contribution in [0.3, 0.4) is 0 Å². The summed E-state index contributed by atoms with van der Waals surface area (Å²) in [5, 5.41) is 14.0. The van der Waals surface area contributed by atoms with E-state index in [2.05, 4.69) is 32.8 Å². The van der Waals surface area contributed by atoms with Gasteiger partial charge in [0.05, 0.1) is 0 Å². The number of hydrogen-bond acceptors (Lipinski definition) is 4. The van der Waals surface area contributed by atoms with Crippen LogP contribution in [-0.4, -0.2) is 33.1 Å². The van der Waals surface area contributed by atoms with Gasteiger partial charge in [-0.2, -0.15) is 5.21 Å². The van der Waals surface area contributed by atoms with Crippen molar-refractivity contribution in [3.63, 3.8) is 0 Å². The van der Waals surface area contributed by atoms with E-state index >= 15 is 0 Å². The van der Waals surface area contributed by atoms with E-state index in [1.165, 1.54) is 5.56 Å². The Bertz CT molecular complexity index is 814. The van der Waals surface area contributed by atoms with Crippen molar-refractivity contribution in [2.24, 2.45) is 5.92 Å². The number of carbonyl (C=O) groups excluding carboxylic acids is 1. The quantitative estimate of drug-likeness (QED) is 0.801. The van der Waals surface area contributed by atoms with Crippen LogP contribution in [0.25, 0.3) is 11.4 Å². The van der Waals surface area contributed by atoms with Gasteiger partial charge in [-0.3, -0.25) is 4.79 Å². The molecule has 0 saturated carbocycles. The number of carbonyl (C=O) groups is 1. The van der Waals surface area contributed by atoms with Crippen molar-refractivity contribution < 1.29 is 4.79 Å². The molecule has 6 heteroatoms. The van der Waals surface area contributed by atoms with Crippen LogP contribution >= 0.6 is 0 Å². The number of benzene rings is 2. The minimum Gasteiger partial charge on any atom is -0.312 e. The van der Waals surface area contributed by atoms with Crippen molar-refractivity contribution >= 4 is 11.6 Å². The van der Waals surface area contributed by atoms with Gasteiger partial charge in [-0.05, 0) is 35.2 Å². The van der Waals surface area contributed by atoms with Crippen molar-refractivity contribution in [2.75, 3.05) is 11.4 Å². The van der Waals surface area contributed by atoms with Gasteiger partial charge in [-0.1, -0.05) is 42.5 Å². The van der Waals surface area contributed by atoms with Gasteiger partial charge in [0.2, 0.25) is 11.7 Å². The number of nitrogens with one attached hydrogen (secondary N) is 1. The van der Waals surface area contributed by atoms with E-state index in [1.54, 1.807) is 0 Å². The van der Waals surface area contributed by atoms with E-state index in [0.29, 0.717) is 18.2 Å². The molecular weight excluding hydrogens is 302 g/mol. The molecule has 6 nitrogen and oxygen atoms in total. The summed E-state index contributed by atoms with van der Waals surface area (Å²) in [6, 6.07) is 18.0. The molecule has 0 spiro atoms. The van der Waals surface area contributed by atoms with E-state index in [0.717, 1.165) is 24.2 Å². The lowest BCUT2D eigenvalue weighted by molar-refractivity contribution is -0.117. The third kappa shape index (κ3) is 2.90. The molecule has 1 atom stereocenters. The van der Waals surface area contributed by atoms with Gasteiger partial charge >= 0.3 is 0 Å². The Hall–Kier alpha value is -3.02. The molecule has 1 aliphatic rings. The lowest BCUT2D eigenvalue weighted by atomic mass is 9.97. The number of nitrogens with zero attached hydrogens (tertiary/aromatic N) is 4. The Labute approximate surface area is 139 Å². The summed E-state index contributed by atoms with van der Waals surface area (Å²) >= 11 is 0. The molecule has 0 bridgehead atoms. The maximum atomic E-state index is 12.3. The second-order valence-corrected chi connectivity index (χ2v) is 6.05. The lowest BCUT2D eigenvalue weighted by Gasteiger charge is -2.16. The maximum absolute atomic E-state index is 12.3. The largest absolute Gasteiger partial charge is 0.312 e. The summed E-state index contributed by atoms with van der Waals surface area (Å²) in [6.07, 6.45) is 1.49. The first-order valence-corrected chi connectivity index (χ1v) is 7.98. The van der Waals surface area contributed by atoms with E-state index in [4.69, 9.17) is 0 Å². The molecule has 4 rings (SSSR count). The number of tetrazole rings is 1. The molecule has 1 fully saturated rings. The topological polar surface area (TPSA) is 74.8 Å². The zero-order valence-corrected chi connectivity index (χ0v) is 13.1. The Morgan fingerprint density at radius 1 is 1.08 bits per heavy atom. The number of anilines is 1.